The molecule has 3 saturated carbocycles. The SMILES string of the molecule is O=C(NC1CCC2NC(=S)NC2C1)C1CC2CCCCC2CC1O. The fourth-order valence-corrected chi connectivity index (χ4v) is 5.77. The van der Waals surface area contributed by atoms with Crippen LogP contribution < -0.4 is 16.0 Å². The third-order valence-electron chi connectivity index (χ3n) is 6.80. The highest BCUT2D eigenvalue weighted by molar-refractivity contribution is 7.80. The van der Waals surface area contributed by atoms with Gasteiger partial charge in [-0.25, -0.2) is 0 Å². The van der Waals surface area contributed by atoms with Gasteiger partial charge >= 0.3 is 0 Å². The molecular formula is C18H29N3O2S. The van der Waals surface area contributed by atoms with Crippen molar-refractivity contribution in [3.63, 3.8) is 0 Å². The lowest BCUT2D eigenvalue weighted by atomic mass is 9.66. The van der Waals surface area contributed by atoms with Crippen LogP contribution in [0.5, 0.6) is 0 Å². The standard InChI is InChI=1S/C18H29N3O2S/c22-16-8-11-4-2-1-3-10(11)7-13(16)17(23)19-12-5-6-14-15(9-12)21-18(24)20-14/h10-16,22H,1-9H2,(H,19,23)(H2,20,21,24). The van der Waals surface area contributed by atoms with E-state index in [9.17, 15) is 9.90 Å². The molecule has 134 valence electrons. The Kier molecular flexibility index (Phi) is 4.69. The molecule has 24 heavy (non-hydrogen) atoms. The van der Waals surface area contributed by atoms with Crippen molar-refractivity contribution in [1.82, 2.24) is 16.0 Å². The van der Waals surface area contributed by atoms with Crippen LogP contribution in [0.4, 0.5) is 0 Å². The zero-order chi connectivity index (χ0) is 16.7. The average Bonchev–Trinajstić information content (AvgIpc) is 2.93. The molecule has 0 bridgehead atoms. The molecule has 0 aromatic heterocycles. The molecule has 0 radical (unpaired) electrons. The van der Waals surface area contributed by atoms with E-state index in [-0.39, 0.29) is 17.9 Å². The molecule has 1 heterocycles. The molecule has 1 aliphatic heterocycles. The van der Waals surface area contributed by atoms with E-state index >= 15 is 0 Å². The Bertz CT molecular complexity index is 514. The maximum Gasteiger partial charge on any atom is 0.225 e. The summed E-state index contributed by atoms with van der Waals surface area (Å²) in [5.41, 5.74) is 0. The molecular weight excluding hydrogens is 322 g/mol. The van der Waals surface area contributed by atoms with Crippen LogP contribution in [0.3, 0.4) is 0 Å². The van der Waals surface area contributed by atoms with Crippen molar-refractivity contribution in [1.29, 1.82) is 0 Å². The highest BCUT2D eigenvalue weighted by Gasteiger charge is 2.42. The first-order valence-electron chi connectivity index (χ1n) is 9.65. The first-order chi connectivity index (χ1) is 11.6. The fourth-order valence-electron chi connectivity index (χ4n) is 5.47. The molecule has 3 aliphatic carbocycles. The van der Waals surface area contributed by atoms with Crippen molar-refractivity contribution < 1.29 is 9.90 Å². The summed E-state index contributed by atoms with van der Waals surface area (Å²) in [6.45, 7) is 0. The van der Waals surface area contributed by atoms with Crippen molar-refractivity contribution >= 4 is 23.2 Å². The van der Waals surface area contributed by atoms with E-state index in [4.69, 9.17) is 12.2 Å². The number of hydrogen-bond acceptors (Lipinski definition) is 3. The molecule has 0 aromatic carbocycles. The van der Waals surface area contributed by atoms with E-state index in [2.05, 4.69) is 16.0 Å². The Morgan fingerprint density at radius 1 is 1.00 bits per heavy atom. The zero-order valence-corrected chi connectivity index (χ0v) is 15.0. The van der Waals surface area contributed by atoms with Crippen LogP contribution in [0.2, 0.25) is 0 Å². The normalized spacial score (nSPS) is 44.7. The topological polar surface area (TPSA) is 73.4 Å². The number of nitrogens with one attached hydrogen (secondary N) is 3. The van der Waals surface area contributed by atoms with Gasteiger partial charge in [0.25, 0.3) is 0 Å². The quantitative estimate of drug-likeness (QED) is 0.567. The first-order valence-corrected chi connectivity index (χ1v) is 10.1. The van der Waals surface area contributed by atoms with Crippen molar-refractivity contribution in [3.05, 3.63) is 0 Å². The summed E-state index contributed by atoms with van der Waals surface area (Å²) in [6.07, 6.45) is 9.21. The maximum atomic E-state index is 12.8. The van der Waals surface area contributed by atoms with Gasteiger partial charge in [-0.05, 0) is 56.2 Å². The Hall–Kier alpha value is -0.880. The third kappa shape index (κ3) is 3.27. The Balaban J connectivity index is 1.33. The lowest BCUT2D eigenvalue weighted by molar-refractivity contribution is -0.134. The average molecular weight is 352 g/mol. The lowest BCUT2D eigenvalue weighted by Gasteiger charge is -2.42. The predicted octanol–water partition coefficient (Wildman–Crippen LogP) is 1.45. The van der Waals surface area contributed by atoms with Crippen LogP contribution in [-0.2, 0) is 4.79 Å². The molecule has 4 N–H and O–H groups in total. The second-order valence-electron chi connectivity index (χ2n) is 8.30. The van der Waals surface area contributed by atoms with E-state index in [1.54, 1.807) is 0 Å². The van der Waals surface area contributed by atoms with Gasteiger partial charge < -0.3 is 21.1 Å². The third-order valence-corrected chi connectivity index (χ3v) is 7.03. The van der Waals surface area contributed by atoms with Gasteiger partial charge in [-0.3, -0.25) is 4.79 Å². The van der Waals surface area contributed by atoms with Crippen LogP contribution in [0.1, 0.15) is 57.8 Å². The number of carbonyl (C=O) groups is 1. The molecule has 1 saturated heterocycles. The second-order valence-corrected chi connectivity index (χ2v) is 8.71. The summed E-state index contributed by atoms with van der Waals surface area (Å²) in [5.74, 6) is 1.15. The smallest absolute Gasteiger partial charge is 0.225 e. The first kappa shape index (κ1) is 16.6. The minimum atomic E-state index is -0.459. The van der Waals surface area contributed by atoms with Gasteiger partial charge in [0, 0.05) is 12.1 Å². The number of rotatable bonds is 2. The molecule has 7 unspecified atom stereocenters. The molecule has 0 spiro atoms. The van der Waals surface area contributed by atoms with Crippen LogP contribution in [0.15, 0.2) is 0 Å². The number of aliphatic hydroxyl groups excluding tert-OH is 1. The molecule has 4 rings (SSSR count). The second kappa shape index (κ2) is 6.79. The van der Waals surface area contributed by atoms with Gasteiger partial charge in [0.2, 0.25) is 5.91 Å². The summed E-state index contributed by atoms with van der Waals surface area (Å²) in [4.78, 5) is 12.8. The Morgan fingerprint density at radius 2 is 1.71 bits per heavy atom. The van der Waals surface area contributed by atoms with Crippen molar-refractivity contribution in [2.45, 2.75) is 82.0 Å². The van der Waals surface area contributed by atoms with Crippen LogP contribution in [0, 0.1) is 17.8 Å². The highest BCUT2D eigenvalue weighted by Crippen LogP contribution is 2.43. The van der Waals surface area contributed by atoms with Gasteiger partial charge in [-0.15, -0.1) is 0 Å². The van der Waals surface area contributed by atoms with E-state index in [1.165, 1.54) is 25.7 Å². The van der Waals surface area contributed by atoms with Crippen molar-refractivity contribution in [2.75, 3.05) is 0 Å². The molecule has 4 fully saturated rings. The maximum absolute atomic E-state index is 12.8. The molecule has 6 heteroatoms. The summed E-state index contributed by atoms with van der Waals surface area (Å²) < 4.78 is 0. The van der Waals surface area contributed by atoms with E-state index in [0.29, 0.717) is 23.9 Å². The monoisotopic (exact) mass is 351 g/mol. The molecule has 7 atom stereocenters. The van der Waals surface area contributed by atoms with Gasteiger partial charge in [0.1, 0.15) is 0 Å². The Morgan fingerprint density at radius 3 is 2.50 bits per heavy atom. The van der Waals surface area contributed by atoms with Crippen LogP contribution in [-0.4, -0.2) is 40.4 Å². The molecule has 5 nitrogen and oxygen atoms in total. The van der Waals surface area contributed by atoms with Crippen molar-refractivity contribution in [3.8, 4) is 0 Å². The molecule has 4 aliphatic rings. The largest absolute Gasteiger partial charge is 0.392 e. The molecule has 1 amide bonds. The number of carbonyl (C=O) groups excluding carboxylic acids is 1. The minimum absolute atomic E-state index is 0.0727. The summed E-state index contributed by atoms with van der Waals surface area (Å²) >= 11 is 5.19. The summed E-state index contributed by atoms with van der Waals surface area (Å²) in [6, 6.07) is 0.940. The number of aliphatic hydroxyl groups is 1. The number of hydrogen-bond donors (Lipinski definition) is 4. The van der Waals surface area contributed by atoms with E-state index in [1.807, 2.05) is 0 Å². The summed E-state index contributed by atoms with van der Waals surface area (Å²) in [5, 5.41) is 21.1. The zero-order valence-electron chi connectivity index (χ0n) is 14.2. The summed E-state index contributed by atoms with van der Waals surface area (Å²) in [7, 11) is 0. The van der Waals surface area contributed by atoms with Gasteiger partial charge in [0.05, 0.1) is 18.1 Å². The van der Waals surface area contributed by atoms with Gasteiger partial charge in [-0.1, -0.05) is 25.7 Å². The van der Waals surface area contributed by atoms with E-state index < -0.39 is 6.10 Å². The highest BCUT2D eigenvalue weighted by atomic mass is 32.1. The number of amides is 1. The van der Waals surface area contributed by atoms with Crippen LogP contribution in [0.25, 0.3) is 0 Å². The van der Waals surface area contributed by atoms with E-state index in [0.717, 1.165) is 37.2 Å². The molecule has 0 aromatic rings. The minimum Gasteiger partial charge on any atom is -0.392 e. The number of fused-ring (bicyclic) bond motifs is 2. The fraction of sp³-hybridized carbons (Fsp3) is 0.889. The van der Waals surface area contributed by atoms with Crippen molar-refractivity contribution in [2.24, 2.45) is 17.8 Å². The van der Waals surface area contributed by atoms with Gasteiger partial charge in [0.15, 0.2) is 5.11 Å². The Labute approximate surface area is 149 Å². The van der Waals surface area contributed by atoms with Crippen LogP contribution >= 0.6 is 12.2 Å². The lowest BCUT2D eigenvalue weighted by Crippen LogP contribution is -2.51. The van der Waals surface area contributed by atoms with Gasteiger partial charge in [-0.2, -0.15) is 0 Å². The number of thiocarbonyl (C=S) groups is 1. The predicted molar refractivity (Wildman–Crippen MR) is 96.4 cm³/mol.